The summed E-state index contributed by atoms with van der Waals surface area (Å²) in [7, 11) is 2.87. The Morgan fingerprint density at radius 3 is 2.24 bits per heavy atom. The summed E-state index contributed by atoms with van der Waals surface area (Å²) in [5, 5.41) is 8.68. The van der Waals surface area contributed by atoms with E-state index in [9.17, 15) is 24.0 Å². The Morgan fingerprint density at radius 1 is 0.842 bits per heavy atom. The molecule has 1 fully saturated rings. The highest BCUT2D eigenvalue weighted by Crippen LogP contribution is 2.36. The van der Waals surface area contributed by atoms with Crippen LogP contribution in [0.2, 0.25) is 0 Å². The topological polar surface area (TPSA) is 155 Å². The summed E-state index contributed by atoms with van der Waals surface area (Å²) in [6, 6.07) is 0. The van der Waals surface area contributed by atoms with Gasteiger partial charge in [-0.1, -0.05) is 12.8 Å². The molecule has 13 heteroatoms. The molecule has 3 N–H and O–H groups in total. The Bertz CT molecular complexity index is 834. The number of ether oxygens (including phenoxy) is 3. The number of nitrogens with zero attached hydrogens (tertiary/aromatic N) is 2. The zero-order valence-electron chi connectivity index (χ0n) is 22.4. The van der Waals surface area contributed by atoms with Gasteiger partial charge >= 0.3 is 0 Å². The molecule has 1 atom stereocenters. The van der Waals surface area contributed by atoms with Gasteiger partial charge in [0.15, 0.2) is 5.66 Å². The van der Waals surface area contributed by atoms with Crippen LogP contribution in [0.3, 0.4) is 0 Å². The molecule has 2 heterocycles. The fourth-order valence-electron chi connectivity index (χ4n) is 4.23. The molecule has 1 saturated heterocycles. The molecular formula is C25H41N5O8. The van der Waals surface area contributed by atoms with E-state index in [1.807, 2.05) is 0 Å². The fraction of sp³-hybridized carbons (Fsp3) is 0.720. The van der Waals surface area contributed by atoms with Crippen LogP contribution < -0.4 is 16.0 Å². The first-order valence-corrected chi connectivity index (χ1v) is 13.1. The average molecular weight is 540 g/mol. The Kier molecular flexibility index (Phi) is 13.9. The molecule has 13 nitrogen and oxygen atoms in total. The van der Waals surface area contributed by atoms with Crippen LogP contribution in [-0.2, 0) is 38.2 Å². The third-order valence-corrected chi connectivity index (χ3v) is 6.23. The summed E-state index contributed by atoms with van der Waals surface area (Å²) in [4.78, 5) is 62.1. The largest absolute Gasteiger partial charge is 0.375 e. The third-order valence-electron chi connectivity index (χ3n) is 6.23. The quantitative estimate of drug-likeness (QED) is 0.0699. The minimum atomic E-state index is -1.03. The van der Waals surface area contributed by atoms with Crippen molar-refractivity contribution in [2.75, 3.05) is 67.0 Å². The zero-order valence-corrected chi connectivity index (χ0v) is 22.4. The van der Waals surface area contributed by atoms with Gasteiger partial charge in [0.1, 0.15) is 13.2 Å². The lowest BCUT2D eigenvalue weighted by Gasteiger charge is -2.18. The van der Waals surface area contributed by atoms with Crippen LogP contribution in [-0.4, -0.2) is 112 Å². The fourth-order valence-corrected chi connectivity index (χ4v) is 4.23. The third kappa shape index (κ3) is 10.1. The number of hydrogen-bond acceptors (Lipinski definition) is 9. The Hall–Kier alpha value is -2.87. The predicted octanol–water partition coefficient (Wildman–Crippen LogP) is -0.730. The smallest absolute Gasteiger partial charge is 0.271 e. The molecule has 0 aromatic rings. The number of hydrogen-bond donors (Lipinski definition) is 3. The number of amides is 5. The summed E-state index contributed by atoms with van der Waals surface area (Å²) in [5.74, 6) is -1.18. The molecule has 38 heavy (non-hydrogen) atoms. The molecule has 5 amide bonds. The molecule has 0 aromatic carbocycles. The van der Waals surface area contributed by atoms with E-state index in [-0.39, 0.29) is 42.7 Å². The maximum atomic E-state index is 12.6. The Morgan fingerprint density at radius 2 is 1.53 bits per heavy atom. The number of methoxy groups -OCH3 is 2. The molecule has 0 aliphatic carbocycles. The summed E-state index contributed by atoms with van der Waals surface area (Å²) in [6.07, 6.45) is 7.81. The molecule has 2 aliphatic rings. The minimum absolute atomic E-state index is 0.00326. The van der Waals surface area contributed by atoms with Gasteiger partial charge in [-0.05, 0) is 32.1 Å². The van der Waals surface area contributed by atoms with E-state index >= 15 is 0 Å². The van der Waals surface area contributed by atoms with Crippen molar-refractivity contribution >= 4 is 29.5 Å². The van der Waals surface area contributed by atoms with Gasteiger partial charge < -0.3 is 29.7 Å². The number of nitrogens with one attached hydrogen (secondary N) is 3. The average Bonchev–Trinajstić information content (AvgIpc) is 3.26. The molecule has 0 saturated carbocycles. The molecule has 0 radical (unpaired) electrons. The van der Waals surface area contributed by atoms with E-state index < -0.39 is 5.66 Å². The van der Waals surface area contributed by atoms with Crippen molar-refractivity contribution in [2.45, 2.75) is 50.6 Å². The Balaban J connectivity index is 1.56. The maximum Gasteiger partial charge on any atom is 0.271 e. The Labute approximate surface area is 223 Å². The number of unbranched alkanes of at least 4 members (excludes halogenated alkanes) is 4. The van der Waals surface area contributed by atoms with Crippen molar-refractivity contribution in [3.05, 3.63) is 12.2 Å². The van der Waals surface area contributed by atoms with Gasteiger partial charge in [0, 0.05) is 59.2 Å². The van der Waals surface area contributed by atoms with E-state index in [1.54, 1.807) is 4.90 Å². The number of carbonyl (C=O) groups is 5. The molecule has 2 rings (SSSR count). The van der Waals surface area contributed by atoms with E-state index in [2.05, 4.69) is 16.0 Å². The second kappa shape index (κ2) is 16.9. The molecule has 1 unspecified atom stereocenters. The van der Waals surface area contributed by atoms with Gasteiger partial charge in [0.05, 0.1) is 6.73 Å². The standard InChI is InChI=1S/C25H41N5O8/c1-36-17-20(31)27-12-6-5-11-25(28-21(32)18-37-2)24(35)30(25)15-13-26-19-38-16-8-4-3-7-14-29-22(33)9-10-23(29)34/h9-10,26H,3-8,11-19H2,1-2H3,(H,27,31)(H,28,32). The van der Waals surface area contributed by atoms with Crippen LogP contribution in [0.25, 0.3) is 0 Å². The van der Waals surface area contributed by atoms with Crippen molar-refractivity contribution in [3.8, 4) is 0 Å². The highest BCUT2D eigenvalue weighted by molar-refractivity contribution is 6.12. The number of imide groups is 1. The van der Waals surface area contributed by atoms with Crippen molar-refractivity contribution in [1.82, 2.24) is 25.8 Å². The zero-order chi connectivity index (χ0) is 27.8. The minimum Gasteiger partial charge on any atom is -0.375 e. The summed E-state index contributed by atoms with van der Waals surface area (Å²) < 4.78 is 15.2. The second-order valence-electron chi connectivity index (χ2n) is 9.17. The first-order valence-electron chi connectivity index (χ1n) is 13.1. The van der Waals surface area contributed by atoms with Gasteiger partial charge in [-0.15, -0.1) is 0 Å². The van der Waals surface area contributed by atoms with Gasteiger partial charge in [0.25, 0.3) is 17.7 Å². The van der Waals surface area contributed by atoms with Crippen molar-refractivity contribution in [3.63, 3.8) is 0 Å². The van der Waals surface area contributed by atoms with Crippen molar-refractivity contribution in [2.24, 2.45) is 0 Å². The van der Waals surface area contributed by atoms with Crippen molar-refractivity contribution < 1.29 is 38.2 Å². The SMILES string of the molecule is COCC(=O)NCCCCC1(NC(=O)COC)C(=O)N1CCNCOCCCCCCN1C(=O)C=CC1=O. The number of carbonyl (C=O) groups excluding carboxylic acids is 5. The summed E-state index contributed by atoms with van der Waals surface area (Å²) >= 11 is 0. The van der Waals surface area contributed by atoms with Gasteiger partial charge in [-0.3, -0.25) is 34.2 Å². The molecule has 0 bridgehead atoms. The molecule has 214 valence electrons. The van der Waals surface area contributed by atoms with Crippen LogP contribution in [0, 0.1) is 0 Å². The number of rotatable bonds is 22. The first kappa shape index (κ1) is 31.3. The highest BCUT2D eigenvalue weighted by atomic mass is 16.5. The normalized spacial score (nSPS) is 18.4. The molecule has 0 aromatic heterocycles. The van der Waals surface area contributed by atoms with E-state index in [0.29, 0.717) is 58.8 Å². The molecule has 2 aliphatic heterocycles. The van der Waals surface area contributed by atoms with E-state index in [1.165, 1.54) is 31.3 Å². The van der Waals surface area contributed by atoms with Gasteiger partial charge in [0.2, 0.25) is 11.8 Å². The monoisotopic (exact) mass is 539 g/mol. The van der Waals surface area contributed by atoms with Crippen molar-refractivity contribution in [1.29, 1.82) is 0 Å². The van der Waals surface area contributed by atoms with E-state index in [4.69, 9.17) is 14.2 Å². The van der Waals surface area contributed by atoms with Crippen LogP contribution in [0.5, 0.6) is 0 Å². The van der Waals surface area contributed by atoms with Crippen LogP contribution in [0.4, 0.5) is 0 Å². The predicted molar refractivity (Wildman–Crippen MR) is 136 cm³/mol. The molecular weight excluding hydrogens is 498 g/mol. The lowest BCUT2D eigenvalue weighted by Crippen LogP contribution is -2.44. The molecule has 0 spiro atoms. The highest BCUT2D eigenvalue weighted by Gasteiger charge is 2.62. The lowest BCUT2D eigenvalue weighted by atomic mass is 10.1. The maximum absolute atomic E-state index is 12.6. The first-order chi connectivity index (χ1) is 18.4. The van der Waals surface area contributed by atoms with Gasteiger partial charge in [-0.25, -0.2) is 0 Å². The van der Waals surface area contributed by atoms with Gasteiger partial charge in [-0.2, -0.15) is 0 Å². The summed E-state index contributed by atoms with van der Waals surface area (Å²) in [5.41, 5.74) is -1.03. The van der Waals surface area contributed by atoms with Crippen LogP contribution >= 0.6 is 0 Å². The summed E-state index contributed by atoms with van der Waals surface area (Å²) in [6.45, 7) is 2.63. The lowest BCUT2D eigenvalue weighted by molar-refractivity contribution is -0.137. The van der Waals surface area contributed by atoms with E-state index in [0.717, 1.165) is 25.7 Å². The second-order valence-corrected chi connectivity index (χ2v) is 9.17. The van der Waals surface area contributed by atoms with Crippen LogP contribution in [0.15, 0.2) is 12.2 Å². The van der Waals surface area contributed by atoms with Crippen LogP contribution in [0.1, 0.15) is 44.9 Å².